The second kappa shape index (κ2) is 5.48. The number of carbonyl (C=O) groups is 1. The van der Waals surface area contributed by atoms with E-state index in [4.69, 9.17) is 9.47 Å². The maximum Gasteiger partial charge on any atom is 0.283 e. The Bertz CT molecular complexity index is 572. The molecule has 1 amide bonds. The first-order valence-electron chi connectivity index (χ1n) is 6.86. The molecule has 2 aliphatic heterocycles. The van der Waals surface area contributed by atoms with Crippen molar-refractivity contribution >= 4 is 23.4 Å². The Kier molecular flexibility index (Phi) is 3.70. The predicted molar refractivity (Wildman–Crippen MR) is 79.2 cm³/mol. The van der Waals surface area contributed by atoms with E-state index >= 15 is 0 Å². The van der Waals surface area contributed by atoms with Crippen molar-refractivity contribution in [3.8, 4) is 0 Å². The minimum Gasteiger partial charge on any atom is -0.454 e. The Morgan fingerprint density at radius 3 is 3.00 bits per heavy atom. The number of aliphatic imine (C=N–C) groups is 1. The van der Waals surface area contributed by atoms with E-state index in [1.165, 1.54) is 0 Å². The summed E-state index contributed by atoms with van der Waals surface area (Å²) >= 11 is 1.62. The highest BCUT2D eigenvalue weighted by molar-refractivity contribution is 8.04. The van der Waals surface area contributed by atoms with Gasteiger partial charge < -0.3 is 9.47 Å². The molecule has 20 heavy (non-hydrogen) atoms. The molecule has 0 saturated carbocycles. The van der Waals surface area contributed by atoms with E-state index in [9.17, 15) is 4.79 Å². The molecule has 0 aromatic rings. The van der Waals surface area contributed by atoms with E-state index in [-0.39, 0.29) is 18.6 Å². The normalized spacial score (nSPS) is 24.2. The number of dihydropyridines is 1. The van der Waals surface area contributed by atoms with Gasteiger partial charge in [-0.05, 0) is 30.7 Å². The summed E-state index contributed by atoms with van der Waals surface area (Å²) in [6.45, 7) is 4.40. The average Bonchev–Trinajstić information content (AvgIpc) is 2.88. The maximum atomic E-state index is 12.2. The number of nitrogens with zero attached hydrogens (tertiary/aromatic N) is 1. The van der Waals surface area contributed by atoms with Crippen LogP contribution in [-0.4, -0.2) is 24.2 Å². The lowest BCUT2D eigenvalue weighted by Crippen LogP contribution is -2.24. The molecule has 0 bridgehead atoms. The summed E-state index contributed by atoms with van der Waals surface area (Å²) in [6.07, 6.45) is 6.07. The van der Waals surface area contributed by atoms with Crippen molar-refractivity contribution < 1.29 is 14.3 Å². The Labute approximate surface area is 122 Å². The number of hydrogen-bond acceptors (Lipinski definition) is 4. The quantitative estimate of drug-likeness (QED) is 0.746. The van der Waals surface area contributed by atoms with Crippen LogP contribution in [0.15, 0.2) is 39.1 Å². The molecule has 0 aromatic heterocycles. The molecule has 3 rings (SSSR count). The van der Waals surface area contributed by atoms with Crippen molar-refractivity contribution in [2.45, 2.75) is 26.7 Å². The van der Waals surface area contributed by atoms with E-state index in [1.54, 1.807) is 11.8 Å². The SMILES string of the molecule is CCCCSC1=C(C)C2C=C3OCOC3=CC2=NC1=O. The van der Waals surface area contributed by atoms with E-state index in [0.29, 0.717) is 5.76 Å². The van der Waals surface area contributed by atoms with Crippen LogP contribution in [0.3, 0.4) is 0 Å². The molecule has 0 spiro atoms. The third-order valence-corrected chi connectivity index (χ3v) is 4.86. The number of thioether (sulfide) groups is 1. The Balaban J connectivity index is 1.87. The van der Waals surface area contributed by atoms with Crippen LogP contribution in [0.1, 0.15) is 26.7 Å². The number of rotatable bonds is 4. The lowest BCUT2D eigenvalue weighted by atomic mass is 9.88. The highest BCUT2D eigenvalue weighted by Gasteiger charge is 2.33. The Morgan fingerprint density at radius 2 is 2.20 bits per heavy atom. The Hall–Kier alpha value is -1.49. The largest absolute Gasteiger partial charge is 0.454 e. The van der Waals surface area contributed by atoms with E-state index in [2.05, 4.69) is 11.9 Å². The number of hydrogen-bond donors (Lipinski definition) is 0. The predicted octanol–water partition coefficient (Wildman–Crippen LogP) is 3.18. The van der Waals surface area contributed by atoms with Gasteiger partial charge in [0.15, 0.2) is 11.5 Å². The molecule has 1 saturated heterocycles. The van der Waals surface area contributed by atoms with Gasteiger partial charge in [0.05, 0.1) is 10.6 Å². The van der Waals surface area contributed by atoms with Crippen LogP contribution in [-0.2, 0) is 14.3 Å². The molecule has 1 unspecified atom stereocenters. The minimum atomic E-state index is -0.123. The summed E-state index contributed by atoms with van der Waals surface area (Å²) in [7, 11) is 0. The Morgan fingerprint density at radius 1 is 1.40 bits per heavy atom. The van der Waals surface area contributed by atoms with Gasteiger partial charge >= 0.3 is 0 Å². The van der Waals surface area contributed by atoms with E-state index < -0.39 is 0 Å². The second-order valence-electron chi connectivity index (χ2n) is 4.98. The molecule has 5 heteroatoms. The van der Waals surface area contributed by atoms with Crippen LogP contribution in [0.25, 0.3) is 0 Å². The van der Waals surface area contributed by atoms with Crippen LogP contribution < -0.4 is 0 Å². The summed E-state index contributed by atoms with van der Waals surface area (Å²) < 4.78 is 10.8. The first kappa shape index (κ1) is 13.5. The monoisotopic (exact) mass is 291 g/mol. The number of carbonyl (C=O) groups excluding carboxylic acids is 1. The van der Waals surface area contributed by atoms with Crippen molar-refractivity contribution in [3.63, 3.8) is 0 Å². The molecule has 4 nitrogen and oxygen atoms in total. The van der Waals surface area contributed by atoms with Crippen LogP contribution in [0, 0.1) is 5.92 Å². The van der Waals surface area contributed by atoms with Crippen molar-refractivity contribution in [1.82, 2.24) is 0 Å². The lowest BCUT2D eigenvalue weighted by Gasteiger charge is -2.24. The van der Waals surface area contributed by atoms with Crippen molar-refractivity contribution in [1.29, 1.82) is 0 Å². The van der Waals surface area contributed by atoms with Gasteiger partial charge in [0.1, 0.15) is 0 Å². The summed E-state index contributed by atoms with van der Waals surface area (Å²) in [5.41, 5.74) is 1.83. The molecule has 0 radical (unpaired) electrons. The zero-order valence-electron chi connectivity index (χ0n) is 11.6. The summed E-state index contributed by atoms with van der Waals surface area (Å²) in [6, 6.07) is 0. The fourth-order valence-electron chi connectivity index (χ4n) is 2.42. The van der Waals surface area contributed by atoms with Gasteiger partial charge in [-0.3, -0.25) is 4.79 Å². The molecule has 1 atom stereocenters. The number of fused-ring (bicyclic) bond motifs is 2. The van der Waals surface area contributed by atoms with Crippen LogP contribution in [0.5, 0.6) is 0 Å². The van der Waals surface area contributed by atoms with Crippen molar-refractivity contribution in [2.75, 3.05) is 12.5 Å². The van der Waals surface area contributed by atoms with Crippen LogP contribution in [0.4, 0.5) is 0 Å². The van der Waals surface area contributed by atoms with Crippen LogP contribution in [0.2, 0.25) is 0 Å². The lowest BCUT2D eigenvalue weighted by molar-refractivity contribution is -0.113. The molecule has 1 aliphatic carbocycles. The number of amides is 1. The molecular formula is C15H17NO3S. The smallest absolute Gasteiger partial charge is 0.283 e. The van der Waals surface area contributed by atoms with Gasteiger partial charge in [0.25, 0.3) is 5.91 Å². The summed E-state index contributed by atoms with van der Waals surface area (Å²) in [4.78, 5) is 17.2. The summed E-state index contributed by atoms with van der Waals surface area (Å²) in [5, 5.41) is 0. The highest BCUT2D eigenvalue weighted by Crippen LogP contribution is 2.37. The average molecular weight is 291 g/mol. The molecule has 0 N–H and O–H groups in total. The molecule has 0 aromatic carbocycles. The molecular weight excluding hydrogens is 274 g/mol. The zero-order valence-corrected chi connectivity index (χ0v) is 12.5. The molecule has 3 aliphatic rings. The van der Waals surface area contributed by atoms with E-state index in [1.807, 2.05) is 19.1 Å². The highest BCUT2D eigenvalue weighted by atomic mass is 32.2. The first-order chi connectivity index (χ1) is 9.70. The van der Waals surface area contributed by atoms with E-state index in [0.717, 1.165) is 40.5 Å². The molecule has 106 valence electrons. The van der Waals surface area contributed by atoms with Gasteiger partial charge in [-0.25, -0.2) is 4.99 Å². The standard InChI is InChI=1S/C15H17NO3S/c1-3-4-5-20-14-9(2)10-6-12-13(19-8-18-12)7-11(10)16-15(14)17/h6-7,10H,3-5,8H2,1-2H3. The van der Waals surface area contributed by atoms with Crippen molar-refractivity contribution in [3.05, 3.63) is 34.1 Å². The van der Waals surface area contributed by atoms with Crippen molar-refractivity contribution in [2.24, 2.45) is 10.9 Å². The fourth-order valence-corrected chi connectivity index (χ4v) is 3.58. The fraction of sp³-hybridized carbons (Fsp3) is 0.467. The molecule has 1 fully saturated rings. The third kappa shape index (κ3) is 2.30. The van der Waals surface area contributed by atoms with Crippen LogP contribution >= 0.6 is 11.8 Å². The number of unbranched alkanes of at least 4 members (excludes halogenated alkanes) is 1. The number of allylic oxidation sites excluding steroid dienone is 3. The number of ether oxygens (including phenoxy) is 2. The van der Waals surface area contributed by atoms with Gasteiger partial charge in [0.2, 0.25) is 6.79 Å². The van der Waals surface area contributed by atoms with Gasteiger partial charge in [-0.15, -0.1) is 11.8 Å². The minimum absolute atomic E-state index is 0.0391. The first-order valence-corrected chi connectivity index (χ1v) is 7.85. The van der Waals surface area contributed by atoms with Gasteiger partial charge in [-0.1, -0.05) is 13.3 Å². The van der Waals surface area contributed by atoms with Gasteiger partial charge in [0, 0.05) is 12.0 Å². The zero-order chi connectivity index (χ0) is 14.1. The second-order valence-corrected chi connectivity index (χ2v) is 6.08. The maximum absolute atomic E-state index is 12.2. The third-order valence-electron chi connectivity index (χ3n) is 3.58. The van der Waals surface area contributed by atoms with Gasteiger partial charge in [-0.2, -0.15) is 0 Å². The topological polar surface area (TPSA) is 47.9 Å². The molecule has 2 heterocycles. The summed E-state index contributed by atoms with van der Waals surface area (Å²) in [5.74, 6) is 2.33.